The van der Waals surface area contributed by atoms with Crippen LogP contribution in [0, 0.1) is 11.6 Å². The zero-order valence-electron chi connectivity index (χ0n) is 21.8. The Morgan fingerprint density at radius 3 is 2.27 bits per heavy atom. The summed E-state index contributed by atoms with van der Waals surface area (Å²) in [5.41, 5.74) is 16.7. The second kappa shape index (κ2) is 12.5. The molecule has 206 valence electrons. The van der Waals surface area contributed by atoms with Crippen molar-refractivity contribution in [3.05, 3.63) is 84.6 Å². The van der Waals surface area contributed by atoms with Gasteiger partial charge in [0.05, 0.1) is 32.5 Å². The molecule has 0 saturated carbocycles. The van der Waals surface area contributed by atoms with Gasteiger partial charge in [0.15, 0.2) is 11.5 Å². The van der Waals surface area contributed by atoms with Gasteiger partial charge in [0, 0.05) is 39.2 Å². The molecule has 0 bridgehead atoms. The van der Waals surface area contributed by atoms with Gasteiger partial charge >= 0.3 is 0 Å². The van der Waals surface area contributed by atoms with E-state index in [1.54, 1.807) is 26.5 Å². The molecule has 5 rings (SSSR count). The molecule has 0 fully saturated rings. The maximum atomic E-state index is 12.3. The summed E-state index contributed by atoms with van der Waals surface area (Å²) in [6.45, 7) is 0. The number of hydrogen-bond acceptors (Lipinski definition) is 9. The van der Waals surface area contributed by atoms with E-state index in [-0.39, 0.29) is 10.8 Å². The lowest BCUT2D eigenvalue weighted by Gasteiger charge is -2.15. The highest BCUT2D eigenvalue weighted by Gasteiger charge is 2.16. The number of pyridine rings is 2. The van der Waals surface area contributed by atoms with Gasteiger partial charge in [-0.25, -0.2) is 18.7 Å². The van der Waals surface area contributed by atoms with Gasteiger partial charge in [0.1, 0.15) is 17.5 Å². The number of nitrogens with zero attached hydrogens (tertiary/aromatic N) is 2. The minimum atomic E-state index is -0.627. The average molecular weight is 565 g/mol. The molecule has 0 atom stereocenters. The van der Waals surface area contributed by atoms with Gasteiger partial charge in [-0.15, -0.1) is 12.6 Å². The molecule has 11 heteroatoms. The minimum absolute atomic E-state index is 0.163. The molecule has 0 aliphatic heterocycles. The molecule has 2 heterocycles. The number of para-hydroxylation sites is 1. The van der Waals surface area contributed by atoms with Crippen LogP contribution in [0.3, 0.4) is 0 Å². The molecule has 0 aliphatic rings. The molecular weight excluding hydrogens is 538 g/mol. The largest absolute Gasteiger partial charge is 0.493 e. The summed E-state index contributed by atoms with van der Waals surface area (Å²) in [6, 6.07) is 18.5. The highest BCUT2D eigenvalue weighted by molar-refractivity contribution is 7.80. The molecule has 3 aromatic carbocycles. The number of rotatable bonds is 6. The van der Waals surface area contributed by atoms with Gasteiger partial charge in [-0.3, -0.25) is 0 Å². The molecule has 0 radical (unpaired) electrons. The monoisotopic (exact) mass is 564 g/mol. The van der Waals surface area contributed by atoms with Gasteiger partial charge in [-0.2, -0.15) is 4.89 Å². The number of aromatic nitrogens is 2. The average Bonchev–Trinajstić information content (AvgIpc) is 2.95. The number of methoxy groups -OCH3 is 2. The van der Waals surface area contributed by atoms with Gasteiger partial charge in [0.25, 0.3) is 5.88 Å². The summed E-state index contributed by atoms with van der Waals surface area (Å²) in [4.78, 5) is 18.5. The lowest BCUT2D eigenvalue weighted by atomic mass is 10.00. The molecule has 0 spiro atoms. The SMILES string of the molecule is COOc1ncc(-c2ccc3nc(N)c(-c4cccc(OC)c4OC)cc3c2)cc1N.Fc1ccc(S)c(F)c1. The van der Waals surface area contributed by atoms with Crippen LogP contribution in [0.4, 0.5) is 20.3 Å². The normalized spacial score (nSPS) is 10.6. The predicted octanol–water partition coefficient (Wildman–Crippen LogP) is 6.34. The fraction of sp³-hybridized carbons (Fsp3) is 0.103. The molecule has 5 aromatic rings. The third-order valence-corrected chi connectivity index (χ3v) is 6.18. The Bertz CT molecular complexity index is 1670. The second-order valence-electron chi connectivity index (χ2n) is 8.33. The Morgan fingerprint density at radius 1 is 0.825 bits per heavy atom. The Balaban J connectivity index is 0.000000350. The van der Waals surface area contributed by atoms with Crippen molar-refractivity contribution >= 4 is 35.0 Å². The van der Waals surface area contributed by atoms with Crippen molar-refractivity contribution in [1.29, 1.82) is 0 Å². The minimum Gasteiger partial charge on any atom is -0.493 e. The van der Waals surface area contributed by atoms with Crippen molar-refractivity contribution in [2.45, 2.75) is 4.90 Å². The highest BCUT2D eigenvalue weighted by atomic mass is 32.1. The van der Waals surface area contributed by atoms with Crippen LogP contribution >= 0.6 is 12.6 Å². The van der Waals surface area contributed by atoms with Crippen molar-refractivity contribution in [2.24, 2.45) is 0 Å². The van der Waals surface area contributed by atoms with Crippen LogP contribution in [-0.4, -0.2) is 31.3 Å². The van der Waals surface area contributed by atoms with Gasteiger partial charge in [0.2, 0.25) is 0 Å². The van der Waals surface area contributed by atoms with E-state index in [4.69, 9.17) is 25.8 Å². The zero-order valence-corrected chi connectivity index (χ0v) is 22.7. The molecule has 40 heavy (non-hydrogen) atoms. The molecule has 0 amide bonds. The first kappa shape index (κ1) is 28.4. The van der Waals surface area contributed by atoms with E-state index in [0.29, 0.717) is 23.0 Å². The smallest absolute Gasteiger partial charge is 0.279 e. The van der Waals surface area contributed by atoms with Gasteiger partial charge < -0.3 is 25.8 Å². The van der Waals surface area contributed by atoms with Crippen molar-refractivity contribution in [1.82, 2.24) is 9.97 Å². The highest BCUT2D eigenvalue weighted by Crippen LogP contribution is 2.41. The number of ether oxygens (including phenoxy) is 2. The summed E-state index contributed by atoms with van der Waals surface area (Å²) in [5.74, 6) is 0.629. The topological polar surface area (TPSA) is 115 Å². The van der Waals surface area contributed by atoms with Gasteiger partial charge in [-0.1, -0.05) is 18.2 Å². The Kier molecular flexibility index (Phi) is 8.87. The van der Waals surface area contributed by atoms with E-state index in [0.717, 1.165) is 45.3 Å². The Morgan fingerprint density at radius 2 is 1.62 bits per heavy atom. The molecule has 4 N–H and O–H groups in total. The predicted molar refractivity (Wildman–Crippen MR) is 154 cm³/mol. The third-order valence-electron chi connectivity index (χ3n) is 5.82. The quantitative estimate of drug-likeness (QED) is 0.124. The van der Waals surface area contributed by atoms with E-state index in [9.17, 15) is 8.78 Å². The molecule has 2 aromatic heterocycles. The van der Waals surface area contributed by atoms with Crippen LogP contribution in [0.2, 0.25) is 0 Å². The Hall–Kier alpha value is -4.61. The van der Waals surface area contributed by atoms with Crippen LogP contribution in [0.15, 0.2) is 77.8 Å². The lowest BCUT2D eigenvalue weighted by molar-refractivity contribution is -0.180. The Labute approximate surface area is 234 Å². The first-order chi connectivity index (χ1) is 19.2. The first-order valence-corrected chi connectivity index (χ1v) is 12.2. The van der Waals surface area contributed by atoms with E-state index in [1.165, 1.54) is 13.2 Å². The van der Waals surface area contributed by atoms with Crippen molar-refractivity contribution in [3.63, 3.8) is 0 Å². The second-order valence-corrected chi connectivity index (χ2v) is 8.82. The first-order valence-electron chi connectivity index (χ1n) is 11.8. The summed E-state index contributed by atoms with van der Waals surface area (Å²) in [5, 5.41) is 0.905. The van der Waals surface area contributed by atoms with Crippen LogP contribution in [0.25, 0.3) is 33.2 Å². The maximum absolute atomic E-state index is 12.3. The van der Waals surface area contributed by atoms with E-state index >= 15 is 0 Å². The van der Waals surface area contributed by atoms with Crippen molar-refractivity contribution < 1.29 is 28.0 Å². The van der Waals surface area contributed by atoms with Crippen LogP contribution in [0.5, 0.6) is 17.4 Å². The van der Waals surface area contributed by atoms with Crippen LogP contribution in [-0.2, 0) is 4.89 Å². The van der Waals surface area contributed by atoms with Crippen LogP contribution in [0.1, 0.15) is 0 Å². The lowest BCUT2D eigenvalue weighted by Crippen LogP contribution is -1.99. The van der Waals surface area contributed by atoms with E-state index < -0.39 is 11.6 Å². The number of thiol groups is 1. The number of nitrogen functional groups attached to an aromatic ring is 2. The number of anilines is 2. The molecule has 0 saturated heterocycles. The van der Waals surface area contributed by atoms with Crippen molar-refractivity contribution in [3.8, 4) is 39.6 Å². The maximum Gasteiger partial charge on any atom is 0.279 e. The summed E-state index contributed by atoms with van der Waals surface area (Å²) < 4.78 is 35.3. The number of fused-ring (bicyclic) bond motifs is 1. The fourth-order valence-electron chi connectivity index (χ4n) is 3.94. The zero-order chi connectivity index (χ0) is 28.8. The van der Waals surface area contributed by atoms with Gasteiger partial charge in [-0.05, 0) is 48.0 Å². The summed E-state index contributed by atoms with van der Waals surface area (Å²) in [7, 11) is 4.59. The molecule has 0 unspecified atom stereocenters. The summed E-state index contributed by atoms with van der Waals surface area (Å²) >= 11 is 3.70. The standard InChI is InChI=1S/C23H22N4O4.C6H4F2S/c1-28-20-6-4-5-16(21(20)29-2)17-10-14-9-13(7-8-19(14)27-22(17)25)15-11-18(24)23(26-12-15)31-30-3;7-4-1-2-6(9)5(8)3-4/h4-12H,24H2,1-3H3,(H2,25,27);1-3,9H. The molecule has 0 aliphatic carbocycles. The molecule has 8 nitrogen and oxygen atoms in total. The van der Waals surface area contributed by atoms with E-state index in [2.05, 4.69) is 27.5 Å². The number of halogens is 2. The third kappa shape index (κ3) is 6.16. The number of nitrogens with two attached hydrogens (primary N) is 2. The fourth-order valence-corrected chi connectivity index (χ4v) is 4.08. The number of hydrogen-bond donors (Lipinski definition) is 3. The molecular formula is C29H26F2N4O4S. The number of benzene rings is 3. The van der Waals surface area contributed by atoms with Crippen LogP contribution < -0.4 is 25.8 Å². The van der Waals surface area contributed by atoms with E-state index in [1.807, 2.05) is 42.5 Å². The van der Waals surface area contributed by atoms with Crippen molar-refractivity contribution in [2.75, 3.05) is 32.8 Å². The summed E-state index contributed by atoms with van der Waals surface area (Å²) in [6.07, 6.45) is 1.67.